The lowest BCUT2D eigenvalue weighted by Gasteiger charge is -2.36. The van der Waals surface area contributed by atoms with Crippen LogP contribution in [0.2, 0.25) is 0 Å². The Morgan fingerprint density at radius 1 is 1.25 bits per heavy atom. The van der Waals surface area contributed by atoms with Crippen LogP contribution in [0.3, 0.4) is 0 Å². The lowest BCUT2D eigenvalue weighted by atomic mass is 9.77. The number of carboxylic acids is 1. The molecule has 0 spiro atoms. The van der Waals surface area contributed by atoms with Crippen molar-refractivity contribution >= 4 is 21.7 Å². The third-order valence-electron chi connectivity index (χ3n) is 4.74. The molecule has 0 saturated heterocycles. The molecule has 1 amide bonds. The second-order valence-corrected chi connectivity index (χ2v) is 8.76. The fourth-order valence-electron chi connectivity index (χ4n) is 3.08. The van der Waals surface area contributed by atoms with Crippen LogP contribution in [0, 0.1) is 12.8 Å². The summed E-state index contributed by atoms with van der Waals surface area (Å²) < 4.78 is 23.6. The summed E-state index contributed by atoms with van der Waals surface area (Å²) in [4.78, 5) is 24.3. The number of hydrogen-bond donors (Lipinski definition) is 2. The van der Waals surface area contributed by atoms with E-state index in [1.54, 1.807) is 13.0 Å². The van der Waals surface area contributed by atoms with Crippen LogP contribution in [0.25, 0.3) is 0 Å². The van der Waals surface area contributed by atoms with Crippen LogP contribution in [0.1, 0.15) is 48.5 Å². The summed E-state index contributed by atoms with van der Waals surface area (Å²) in [7, 11) is -3.46. The number of sulfone groups is 1. The van der Waals surface area contributed by atoms with Crippen LogP contribution in [0.4, 0.5) is 0 Å². The van der Waals surface area contributed by atoms with E-state index in [1.165, 1.54) is 12.1 Å². The standard InChI is InChI=1S/C17H23NO5S/c1-11-6-8-17(9-7-11,16(20)21)18-15(19)13-5-4-12(2)14(10-13)24(3,22)23/h4-5,10-11H,6-9H2,1-3H3,(H,18,19)(H,20,21). The van der Waals surface area contributed by atoms with Gasteiger partial charge in [0.2, 0.25) is 0 Å². The van der Waals surface area contributed by atoms with Crippen molar-refractivity contribution in [2.75, 3.05) is 6.26 Å². The van der Waals surface area contributed by atoms with Gasteiger partial charge in [0.25, 0.3) is 5.91 Å². The Morgan fingerprint density at radius 2 is 1.83 bits per heavy atom. The molecule has 1 saturated carbocycles. The normalized spacial score (nSPS) is 24.4. The van der Waals surface area contributed by atoms with Gasteiger partial charge in [-0.05, 0) is 56.2 Å². The van der Waals surface area contributed by atoms with E-state index in [2.05, 4.69) is 12.2 Å². The Balaban J connectivity index is 2.30. The van der Waals surface area contributed by atoms with E-state index in [-0.39, 0.29) is 10.5 Å². The second-order valence-electron chi connectivity index (χ2n) is 6.78. The highest BCUT2D eigenvalue weighted by atomic mass is 32.2. The van der Waals surface area contributed by atoms with E-state index in [0.29, 0.717) is 24.3 Å². The molecule has 0 atom stereocenters. The van der Waals surface area contributed by atoms with Crippen LogP contribution in [0.15, 0.2) is 23.1 Å². The molecule has 0 aromatic heterocycles. The molecule has 0 radical (unpaired) electrons. The molecule has 0 bridgehead atoms. The number of amides is 1. The van der Waals surface area contributed by atoms with Crippen molar-refractivity contribution in [3.8, 4) is 0 Å². The molecule has 1 aromatic carbocycles. The summed E-state index contributed by atoms with van der Waals surface area (Å²) >= 11 is 0. The van der Waals surface area contributed by atoms with Gasteiger partial charge in [-0.15, -0.1) is 0 Å². The molecule has 1 aromatic rings. The highest BCUT2D eigenvalue weighted by molar-refractivity contribution is 7.90. The Labute approximate surface area is 142 Å². The summed E-state index contributed by atoms with van der Waals surface area (Å²) in [6.45, 7) is 3.71. The molecule has 2 rings (SSSR count). The van der Waals surface area contributed by atoms with Gasteiger partial charge in [0.1, 0.15) is 5.54 Å². The number of carboxylic acid groups (broad SMARTS) is 1. The Morgan fingerprint density at radius 3 is 2.33 bits per heavy atom. The smallest absolute Gasteiger partial charge is 0.329 e. The van der Waals surface area contributed by atoms with Gasteiger partial charge in [-0.2, -0.15) is 0 Å². The largest absolute Gasteiger partial charge is 0.480 e. The van der Waals surface area contributed by atoms with Crippen LogP contribution in [-0.4, -0.2) is 37.2 Å². The van der Waals surface area contributed by atoms with Crippen molar-refractivity contribution in [1.29, 1.82) is 0 Å². The van der Waals surface area contributed by atoms with Crippen molar-refractivity contribution in [1.82, 2.24) is 5.32 Å². The first-order valence-electron chi connectivity index (χ1n) is 7.92. The summed E-state index contributed by atoms with van der Waals surface area (Å²) in [6.07, 6.45) is 3.29. The van der Waals surface area contributed by atoms with Gasteiger partial charge < -0.3 is 10.4 Å². The predicted octanol–water partition coefficient (Wildman–Crippen LogP) is 2.16. The number of rotatable bonds is 4. The minimum atomic E-state index is -3.46. The van der Waals surface area contributed by atoms with Gasteiger partial charge in [-0.3, -0.25) is 4.79 Å². The summed E-state index contributed by atoms with van der Waals surface area (Å²) in [6, 6.07) is 4.38. The van der Waals surface area contributed by atoms with E-state index in [0.717, 1.165) is 19.1 Å². The predicted molar refractivity (Wildman–Crippen MR) is 89.8 cm³/mol. The Kier molecular flexibility index (Phi) is 5.03. The summed E-state index contributed by atoms with van der Waals surface area (Å²) in [5, 5.41) is 12.2. The topological polar surface area (TPSA) is 101 Å². The van der Waals surface area contributed by atoms with Gasteiger partial charge in [-0.1, -0.05) is 13.0 Å². The van der Waals surface area contributed by atoms with E-state index in [1.807, 2.05) is 0 Å². The highest BCUT2D eigenvalue weighted by Gasteiger charge is 2.42. The minimum absolute atomic E-state index is 0.0804. The third kappa shape index (κ3) is 3.77. The molecule has 7 heteroatoms. The number of nitrogens with one attached hydrogen (secondary N) is 1. The second kappa shape index (κ2) is 6.55. The fraction of sp³-hybridized carbons (Fsp3) is 0.529. The van der Waals surface area contributed by atoms with Gasteiger partial charge >= 0.3 is 5.97 Å². The molecule has 24 heavy (non-hydrogen) atoms. The van der Waals surface area contributed by atoms with Crippen molar-refractivity contribution in [2.24, 2.45) is 5.92 Å². The van der Waals surface area contributed by atoms with Crippen molar-refractivity contribution in [2.45, 2.75) is 50.0 Å². The number of benzene rings is 1. The highest BCUT2D eigenvalue weighted by Crippen LogP contribution is 2.32. The molecule has 0 unspecified atom stereocenters. The molecule has 132 valence electrons. The minimum Gasteiger partial charge on any atom is -0.480 e. The molecule has 0 heterocycles. The molecule has 6 nitrogen and oxygen atoms in total. The van der Waals surface area contributed by atoms with Gasteiger partial charge in [0, 0.05) is 11.8 Å². The average Bonchev–Trinajstić information content (AvgIpc) is 2.48. The molecule has 2 N–H and O–H groups in total. The van der Waals surface area contributed by atoms with Crippen LogP contribution < -0.4 is 5.32 Å². The molecule has 0 aliphatic heterocycles. The first-order chi connectivity index (χ1) is 11.0. The maximum Gasteiger partial charge on any atom is 0.329 e. The Bertz CT molecular complexity index is 761. The zero-order valence-corrected chi connectivity index (χ0v) is 14.9. The van der Waals surface area contributed by atoms with E-state index in [9.17, 15) is 23.1 Å². The number of carbonyl (C=O) groups is 2. The summed E-state index contributed by atoms with van der Waals surface area (Å²) in [5.74, 6) is -1.17. The molecule has 1 aliphatic carbocycles. The number of aryl methyl sites for hydroxylation is 1. The summed E-state index contributed by atoms with van der Waals surface area (Å²) in [5.41, 5.74) is -0.575. The number of aliphatic carboxylic acids is 1. The van der Waals surface area contributed by atoms with Gasteiger partial charge in [0.15, 0.2) is 9.84 Å². The molecular weight excluding hydrogens is 330 g/mol. The number of hydrogen-bond acceptors (Lipinski definition) is 4. The van der Waals surface area contributed by atoms with Gasteiger partial charge in [-0.25, -0.2) is 13.2 Å². The molecular formula is C17H23NO5S. The van der Waals surface area contributed by atoms with Crippen LogP contribution >= 0.6 is 0 Å². The van der Waals surface area contributed by atoms with Crippen molar-refractivity contribution in [3.05, 3.63) is 29.3 Å². The van der Waals surface area contributed by atoms with E-state index < -0.39 is 27.3 Å². The van der Waals surface area contributed by atoms with Crippen LogP contribution in [-0.2, 0) is 14.6 Å². The molecule has 1 fully saturated rings. The zero-order chi connectivity index (χ0) is 18.1. The van der Waals surface area contributed by atoms with E-state index >= 15 is 0 Å². The van der Waals surface area contributed by atoms with Crippen molar-refractivity contribution < 1.29 is 23.1 Å². The van der Waals surface area contributed by atoms with Crippen LogP contribution in [0.5, 0.6) is 0 Å². The molecule has 1 aliphatic rings. The lowest BCUT2D eigenvalue weighted by Crippen LogP contribution is -2.56. The fourth-order valence-corrected chi connectivity index (χ4v) is 4.07. The Hall–Kier alpha value is -1.89. The lowest BCUT2D eigenvalue weighted by molar-refractivity contribution is -0.146. The maximum atomic E-state index is 12.5. The average molecular weight is 353 g/mol. The third-order valence-corrected chi connectivity index (χ3v) is 5.98. The quantitative estimate of drug-likeness (QED) is 0.864. The van der Waals surface area contributed by atoms with E-state index in [4.69, 9.17) is 0 Å². The first kappa shape index (κ1) is 18.4. The maximum absolute atomic E-state index is 12.5. The number of carbonyl (C=O) groups excluding carboxylic acids is 1. The van der Waals surface area contributed by atoms with Gasteiger partial charge in [0.05, 0.1) is 4.90 Å². The zero-order valence-electron chi connectivity index (χ0n) is 14.1. The SMILES string of the molecule is Cc1ccc(C(=O)NC2(C(=O)O)CCC(C)CC2)cc1S(C)(=O)=O. The monoisotopic (exact) mass is 353 g/mol. The van der Waals surface area contributed by atoms with Crippen molar-refractivity contribution in [3.63, 3.8) is 0 Å². The first-order valence-corrected chi connectivity index (χ1v) is 9.81.